The van der Waals surface area contributed by atoms with Gasteiger partial charge in [0.1, 0.15) is 17.8 Å². The summed E-state index contributed by atoms with van der Waals surface area (Å²) in [5.74, 6) is 0.728. The van der Waals surface area contributed by atoms with Crippen molar-refractivity contribution in [2.75, 3.05) is 16.5 Å². The van der Waals surface area contributed by atoms with E-state index in [0.717, 1.165) is 4.47 Å². The molecule has 10 heteroatoms. The number of nitrogens with two attached hydrogens (primary N) is 1. The van der Waals surface area contributed by atoms with E-state index in [9.17, 15) is 4.79 Å². The molecule has 0 aliphatic carbocycles. The molecule has 3 rings (SSSR count). The summed E-state index contributed by atoms with van der Waals surface area (Å²) in [5.41, 5.74) is 11.8. The standard InChI is InChI=1S/C16H13BrClN7O/c17-9-5-6-12(20-7-9)23-14-13(19)15(22-8-21-14)24-25-16(26)10-3-1-2-4-11(10)18/h1-8H,19H2,(H,25,26)(H2,20,21,22,23,24). The molecule has 0 unspecified atom stereocenters. The number of benzene rings is 1. The van der Waals surface area contributed by atoms with E-state index in [1.54, 1.807) is 36.5 Å². The first-order chi connectivity index (χ1) is 12.5. The monoisotopic (exact) mass is 433 g/mol. The third kappa shape index (κ3) is 4.19. The first-order valence-electron chi connectivity index (χ1n) is 7.34. The van der Waals surface area contributed by atoms with Crippen LogP contribution >= 0.6 is 27.5 Å². The Bertz CT molecular complexity index is 936. The molecule has 5 N–H and O–H groups in total. The Labute approximate surface area is 162 Å². The van der Waals surface area contributed by atoms with Crippen LogP contribution in [-0.4, -0.2) is 20.9 Å². The number of nitrogen functional groups attached to an aromatic ring is 1. The lowest BCUT2D eigenvalue weighted by atomic mass is 10.2. The Morgan fingerprint density at radius 3 is 2.58 bits per heavy atom. The van der Waals surface area contributed by atoms with Gasteiger partial charge in [-0.3, -0.25) is 15.6 Å². The highest BCUT2D eigenvalue weighted by molar-refractivity contribution is 9.10. The molecule has 0 fully saturated rings. The van der Waals surface area contributed by atoms with E-state index in [1.807, 2.05) is 6.07 Å². The maximum atomic E-state index is 12.2. The van der Waals surface area contributed by atoms with Crippen molar-refractivity contribution in [3.05, 3.63) is 64.0 Å². The Hall–Kier alpha value is -2.91. The van der Waals surface area contributed by atoms with Gasteiger partial charge < -0.3 is 11.1 Å². The summed E-state index contributed by atoms with van der Waals surface area (Å²) in [4.78, 5) is 24.5. The van der Waals surface area contributed by atoms with E-state index in [1.165, 1.54) is 6.33 Å². The molecule has 0 spiro atoms. The highest BCUT2D eigenvalue weighted by atomic mass is 79.9. The number of nitrogens with zero attached hydrogens (tertiary/aromatic N) is 3. The smallest absolute Gasteiger partial charge is 0.271 e. The van der Waals surface area contributed by atoms with Crippen LogP contribution in [-0.2, 0) is 0 Å². The molecule has 1 aromatic carbocycles. The van der Waals surface area contributed by atoms with Crippen LogP contribution in [0.3, 0.4) is 0 Å². The van der Waals surface area contributed by atoms with Gasteiger partial charge in [-0.15, -0.1) is 0 Å². The molecule has 3 aromatic rings. The quantitative estimate of drug-likeness (QED) is 0.455. The largest absolute Gasteiger partial charge is 0.393 e. The molecule has 0 aliphatic rings. The average Bonchev–Trinajstić information content (AvgIpc) is 2.64. The Morgan fingerprint density at radius 2 is 1.85 bits per heavy atom. The van der Waals surface area contributed by atoms with Crippen LogP contribution in [0.2, 0.25) is 5.02 Å². The number of carbonyl (C=O) groups excluding carboxylic acids is 1. The molecule has 2 heterocycles. The van der Waals surface area contributed by atoms with Crippen molar-refractivity contribution in [1.82, 2.24) is 20.4 Å². The van der Waals surface area contributed by atoms with Crippen LogP contribution in [0.1, 0.15) is 10.4 Å². The van der Waals surface area contributed by atoms with Crippen molar-refractivity contribution >= 4 is 56.6 Å². The zero-order valence-electron chi connectivity index (χ0n) is 13.2. The zero-order chi connectivity index (χ0) is 18.5. The van der Waals surface area contributed by atoms with Gasteiger partial charge in [-0.25, -0.2) is 15.0 Å². The topological polar surface area (TPSA) is 118 Å². The van der Waals surface area contributed by atoms with Crippen LogP contribution in [0.25, 0.3) is 0 Å². The van der Waals surface area contributed by atoms with Crippen LogP contribution in [0.5, 0.6) is 0 Å². The van der Waals surface area contributed by atoms with E-state index in [2.05, 4.69) is 47.1 Å². The van der Waals surface area contributed by atoms with E-state index >= 15 is 0 Å². The summed E-state index contributed by atoms with van der Waals surface area (Å²) in [6.07, 6.45) is 2.95. The van der Waals surface area contributed by atoms with Gasteiger partial charge in [-0.1, -0.05) is 23.7 Å². The molecule has 8 nitrogen and oxygen atoms in total. The summed E-state index contributed by atoms with van der Waals surface area (Å²) in [7, 11) is 0. The van der Waals surface area contributed by atoms with Gasteiger partial charge in [0, 0.05) is 10.7 Å². The third-order valence-electron chi connectivity index (χ3n) is 3.27. The zero-order valence-corrected chi connectivity index (χ0v) is 15.5. The molecular weight excluding hydrogens is 422 g/mol. The van der Waals surface area contributed by atoms with Crippen LogP contribution < -0.4 is 21.9 Å². The second-order valence-corrected chi connectivity index (χ2v) is 6.35. The van der Waals surface area contributed by atoms with Gasteiger partial charge in [-0.05, 0) is 40.2 Å². The molecule has 0 atom stereocenters. The fourth-order valence-corrected chi connectivity index (χ4v) is 2.45. The summed E-state index contributed by atoms with van der Waals surface area (Å²) < 4.78 is 0.850. The van der Waals surface area contributed by atoms with Gasteiger partial charge in [-0.2, -0.15) is 0 Å². The number of hydrazine groups is 1. The van der Waals surface area contributed by atoms with Gasteiger partial charge in [0.2, 0.25) is 0 Å². The predicted molar refractivity (Wildman–Crippen MR) is 104 cm³/mol. The minimum Gasteiger partial charge on any atom is -0.393 e. The molecule has 1 amide bonds. The molecule has 0 aliphatic heterocycles. The molecule has 0 saturated carbocycles. The number of aromatic nitrogens is 3. The third-order valence-corrected chi connectivity index (χ3v) is 4.07. The second-order valence-electron chi connectivity index (χ2n) is 5.03. The van der Waals surface area contributed by atoms with Gasteiger partial charge in [0.05, 0.1) is 10.6 Å². The Kier molecular flexibility index (Phi) is 5.49. The minimum atomic E-state index is -0.419. The fraction of sp³-hybridized carbons (Fsp3) is 0. The van der Waals surface area contributed by atoms with Gasteiger partial charge in [0.25, 0.3) is 5.91 Å². The lowest BCUT2D eigenvalue weighted by molar-refractivity contribution is 0.0962. The van der Waals surface area contributed by atoms with Crippen molar-refractivity contribution in [3.8, 4) is 0 Å². The lowest BCUT2D eigenvalue weighted by Gasteiger charge is -2.13. The SMILES string of the molecule is Nc1c(NNC(=O)c2ccccc2Cl)ncnc1Nc1ccc(Br)cn1. The van der Waals surface area contributed by atoms with E-state index in [-0.39, 0.29) is 11.5 Å². The molecule has 132 valence electrons. The number of rotatable bonds is 5. The van der Waals surface area contributed by atoms with E-state index in [4.69, 9.17) is 17.3 Å². The molecular formula is C16H13BrClN7O. The summed E-state index contributed by atoms with van der Waals surface area (Å²) in [5, 5.41) is 3.33. The number of amides is 1. The maximum Gasteiger partial charge on any atom is 0.271 e. The summed E-state index contributed by atoms with van der Waals surface area (Å²) >= 11 is 9.31. The van der Waals surface area contributed by atoms with Crippen molar-refractivity contribution in [3.63, 3.8) is 0 Å². The Balaban J connectivity index is 1.72. The van der Waals surface area contributed by atoms with Crippen LogP contribution in [0.4, 0.5) is 23.1 Å². The average molecular weight is 435 g/mol. The number of hydrogen-bond acceptors (Lipinski definition) is 7. The minimum absolute atomic E-state index is 0.219. The highest BCUT2D eigenvalue weighted by Gasteiger charge is 2.12. The number of nitrogens with one attached hydrogen (secondary N) is 3. The van der Waals surface area contributed by atoms with Crippen molar-refractivity contribution in [2.24, 2.45) is 0 Å². The van der Waals surface area contributed by atoms with Crippen molar-refractivity contribution in [1.29, 1.82) is 0 Å². The lowest BCUT2D eigenvalue weighted by Crippen LogP contribution is -2.30. The van der Waals surface area contributed by atoms with E-state index in [0.29, 0.717) is 22.2 Å². The van der Waals surface area contributed by atoms with Gasteiger partial charge >= 0.3 is 0 Å². The maximum absolute atomic E-state index is 12.2. The normalized spacial score (nSPS) is 10.2. The highest BCUT2D eigenvalue weighted by Crippen LogP contribution is 2.25. The first kappa shape index (κ1) is 17.9. The number of pyridine rings is 1. The van der Waals surface area contributed by atoms with Crippen molar-refractivity contribution < 1.29 is 4.79 Å². The van der Waals surface area contributed by atoms with Gasteiger partial charge in [0.15, 0.2) is 11.6 Å². The first-order valence-corrected chi connectivity index (χ1v) is 8.51. The number of halogens is 2. The fourth-order valence-electron chi connectivity index (χ4n) is 1.99. The predicted octanol–water partition coefficient (Wildman–Crippen LogP) is 3.37. The molecule has 0 bridgehead atoms. The van der Waals surface area contributed by atoms with Crippen LogP contribution in [0, 0.1) is 0 Å². The van der Waals surface area contributed by atoms with Crippen molar-refractivity contribution in [2.45, 2.75) is 0 Å². The molecule has 2 aromatic heterocycles. The molecule has 0 radical (unpaired) electrons. The number of carbonyl (C=O) groups is 1. The Morgan fingerprint density at radius 1 is 1.08 bits per heavy atom. The summed E-state index contributed by atoms with van der Waals surface area (Å²) in [6.45, 7) is 0. The second kappa shape index (κ2) is 7.98. The van der Waals surface area contributed by atoms with Crippen LogP contribution in [0.15, 0.2) is 53.4 Å². The number of anilines is 4. The summed E-state index contributed by atoms with van der Waals surface area (Å²) in [6, 6.07) is 10.3. The molecule has 26 heavy (non-hydrogen) atoms. The van der Waals surface area contributed by atoms with E-state index < -0.39 is 5.91 Å². The number of hydrogen-bond donors (Lipinski definition) is 4. The molecule has 0 saturated heterocycles.